The topological polar surface area (TPSA) is 12.5 Å². The minimum atomic E-state index is 0.570. The van der Waals surface area contributed by atoms with Gasteiger partial charge in [0, 0.05) is 17.6 Å². The summed E-state index contributed by atoms with van der Waals surface area (Å²) in [4.78, 5) is 2.35. The van der Waals surface area contributed by atoms with Gasteiger partial charge in [0.1, 0.15) is 12.4 Å². The van der Waals surface area contributed by atoms with E-state index in [0.717, 1.165) is 12.5 Å². The van der Waals surface area contributed by atoms with E-state index in [-0.39, 0.29) is 0 Å². The van der Waals surface area contributed by atoms with Crippen LogP contribution in [0.5, 0.6) is 5.75 Å². The zero-order valence-electron chi connectivity index (χ0n) is 10.8. The molecular weight excluding hydrogens is 269 g/mol. The molecule has 1 saturated carbocycles. The van der Waals surface area contributed by atoms with Crippen LogP contribution in [0.15, 0.2) is 18.2 Å². The van der Waals surface area contributed by atoms with E-state index in [1.165, 1.54) is 12.8 Å². The van der Waals surface area contributed by atoms with Gasteiger partial charge in [0.15, 0.2) is 0 Å². The largest absolute Gasteiger partial charge is 0.491 e. The molecule has 18 heavy (non-hydrogen) atoms. The molecule has 0 bridgehead atoms. The predicted molar refractivity (Wildman–Crippen MR) is 76.8 cm³/mol. The zero-order valence-corrected chi connectivity index (χ0v) is 12.3. The van der Waals surface area contributed by atoms with E-state index in [9.17, 15) is 0 Å². The predicted octanol–water partition coefficient (Wildman–Crippen LogP) is 4.10. The average molecular weight is 288 g/mol. The van der Waals surface area contributed by atoms with Gasteiger partial charge in [-0.25, -0.2) is 0 Å². The quantitative estimate of drug-likeness (QED) is 0.781. The Morgan fingerprint density at radius 2 is 2.11 bits per heavy atom. The Balaban J connectivity index is 1.77. The molecular formula is C14H19Cl2NO. The standard InChI is InChI=1S/C14H19Cl2NO/c1-10(11-3-4-11)17(2)7-8-18-14-6-5-12(15)9-13(14)16/h5-6,9-11H,3-4,7-8H2,1-2H3. The molecule has 0 aliphatic heterocycles. The van der Waals surface area contributed by atoms with Gasteiger partial charge in [0.05, 0.1) is 5.02 Å². The van der Waals surface area contributed by atoms with E-state index in [0.29, 0.717) is 28.4 Å². The van der Waals surface area contributed by atoms with E-state index in [1.54, 1.807) is 12.1 Å². The van der Waals surface area contributed by atoms with Gasteiger partial charge in [-0.3, -0.25) is 0 Å². The van der Waals surface area contributed by atoms with Gasteiger partial charge >= 0.3 is 0 Å². The highest BCUT2D eigenvalue weighted by Crippen LogP contribution is 2.34. The molecule has 0 spiro atoms. The molecule has 0 radical (unpaired) electrons. The molecule has 0 heterocycles. The third kappa shape index (κ3) is 3.78. The zero-order chi connectivity index (χ0) is 13.1. The monoisotopic (exact) mass is 287 g/mol. The fourth-order valence-electron chi connectivity index (χ4n) is 2.03. The first-order valence-electron chi connectivity index (χ1n) is 6.36. The van der Waals surface area contributed by atoms with Crippen molar-refractivity contribution in [2.45, 2.75) is 25.8 Å². The smallest absolute Gasteiger partial charge is 0.138 e. The molecule has 1 aliphatic rings. The van der Waals surface area contributed by atoms with Crippen LogP contribution in [0, 0.1) is 5.92 Å². The number of hydrogen-bond donors (Lipinski definition) is 0. The molecule has 0 N–H and O–H groups in total. The third-order valence-corrected chi connectivity index (χ3v) is 4.13. The normalized spacial score (nSPS) is 16.9. The number of rotatable bonds is 6. The number of halogens is 2. The van der Waals surface area contributed by atoms with E-state index < -0.39 is 0 Å². The maximum atomic E-state index is 6.04. The first-order chi connectivity index (χ1) is 8.58. The van der Waals surface area contributed by atoms with Crippen LogP contribution >= 0.6 is 23.2 Å². The Hall–Kier alpha value is -0.440. The summed E-state index contributed by atoms with van der Waals surface area (Å²) in [5, 5.41) is 1.20. The molecule has 100 valence electrons. The lowest BCUT2D eigenvalue weighted by Crippen LogP contribution is -2.34. The first-order valence-corrected chi connectivity index (χ1v) is 7.11. The minimum Gasteiger partial charge on any atom is -0.491 e. The summed E-state index contributed by atoms with van der Waals surface area (Å²) in [5.74, 6) is 1.59. The van der Waals surface area contributed by atoms with Gasteiger partial charge in [0.2, 0.25) is 0 Å². The van der Waals surface area contributed by atoms with Crippen LogP contribution in [0.25, 0.3) is 0 Å². The molecule has 4 heteroatoms. The molecule has 0 amide bonds. The molecule has 2 nitrogen and oxygen atoms in total. The summed E-state index contributed by atoms with van der Waals surface area (Å²) in [6.45, 7) is 3.85. The van der Waals surface area contributed by atoms with Crippen molar-refractivity contribution in [1.29, 1.82) is 0 Å². The summed E-state index contributed by atoms with van der Waals surface area (Å²) >= 11 is 11.9. The van der Waals surface area contributed by atoms with Crippen molar-refractivity contribution in [3.63, 3.8) is 0 Å². The van der Waals surface area contributed by atoms with Crippen molar-refractivity contribution in [1.82, 2.24) is 4.90 Å². The van der Waals surface area contributed by atoms with Crippen molar-refractivity contribution in [3.8, 4) is 5.75 Å². The Kier molecular flexibility index (Phi) is 4.77. The molecule has 1 aromatic rings. The molecule has 1 atom stereocenters. The number of ether oxygens (including phenoxy) is 1. The Morgan fingerprint density at radius 1 is 1.39 bits per heavy atom. The third-order valence-electron chi connectivity index (χ3n) is 3.59. The second kappa shape index (κ2) is 6.14. The molecule has 0 saturated heterocycles. The maximum Gasteiger partial charge on any atom is 0.138 e. The van der Waals surface area contributed by atoms with Gasteiger partial charge < -0.3 is 9.64 Å². The van der Waals surface area contributed by atoms with Gasteiger partial charge in [-0.15, -0.1) is 0 Å². The summed E-state index contributed by atoms with van der Waals surface area (Å²) in [6.07, 6.45) is 2.74. The van der Waals surface area contributed by atoms with Gasteiger partial charge in [-0.05, 0) is 50.9 Å². The van der Waals surface area contributed by atoms with Crippen molar-refractivity contribution in [3.05, 3.63) is 28.2 Å². The van der Waals surface area contributed by atoms with Crippen LogP contribution in [0.1, 0.15) is 19.8 Å². The van der Waals surface area contributed by atoms with Crippen LogP contribution in [-0.4, -0.2) is 31.1 Å². The number of benzene rings is 1. The molecule has 0 aromatic heterocycles. The van der Waals surface area contributed by atoms with Crippen molar-refractivity contribution in [2.24, 2.45) is 5.92 Å². The second-order valence-corrected chi connectivity index (χ2v) is 5.83. The van der Waals surface area contributed by atoms with Gasteiger partial charge in [0.25, 0.3) is 0 Å². The van der Waals surface area contributed by atoms with Crippen LogP contribution in [0.2, 0.25) is 10.0 Å². The van der Waals surface area contributed by atoms with Crippen LogP contribution in [0.3, 0.4) is 0 Å². The molecule has 1 aliphatic carbocycles. The second-order valence-electron chi connectivity index (χ2n) is 4.98. The summed E-state index contributed by atoms with van der Waals surface area (Å²) in [6, 6.07) is 5.96. The van der Waals surface area contributed by atoms with Crippen molar-refractivity contribution in [2.75, 3.05) is 20.2 Å². The first kappa shape index (κ1) is 14.0. The highest BCUT2D eigenvalue weighted by molar-refractivity contribution is 6.35. The Labute approximate surface area is 119 Å². The van der Waals surface area contributed by atoms with E-state index in [1.807, 2.05) is 6.07 Å². The van der Waals surface area contributed by atoms with Crippen LogP contribution in [0.4, 0.5) is 0 Å². The Bertz CT molecular complexity index is 407. The Morgan fingerprint density at radius 3 is 2.72 bits per heavy atom. The molecule has 2 rings (SSSR count). The average Bonchev–Trinajstić information content (AvgIpc) is 3.15. The van der Waals surface area contributed by atoms with Crippen molar-refractivity contribution < 1.29 is 4.74 Å². The number of hydrogen-bond acceptors (Lipinski definition) is 2. The SMILES string of the molecule is CC(C1CC1)N(C)CCOc1ccc(Cl)cc1Cl. The number of nitrogens with zero attached hydrogens (tertiary/aromatic N) is 1. The van der Waals surface area contributed by atoms with E-state index in [2.05, 4.69) is 18.9 Å². The maximum absolute atomic E-state index is 6.04. The van der Waals surface area contributed by atoms with E-state index in [4.69, 9.17) is 27.9 Å². The lowest BCUT2D eigenvalue weighted by atomic mass is 10.2. The van der Waals surface area contributed by atoms with Gasteiger partial charge in [-0.1, -0.05) is 23.2 Å². The van der Waals surface area contributed by atoms with Gasteiger partial charge in [-0.2, -0.15) is 0 Å². The minimum absolute atomic E-state index is 0.570. The summed E-state index contributed by atoms with van der Waals surface area (Å²) in [7, 11) is 2.15. The van der Waals surface area contributed by atoms with E-state index >= 15 is 0 Å². The molecule has 1 aromatic carbocycles. The van der Waals surface area contributed by atoms with Crippen molar-refractivity contribution >= 4 is 23.2 Å². The fourth-order valence-corrected chi connectivity index (χ4v) is 2.50. The fraction of sp³-hybridized carbons (Fsp3) is 0.571. The van der Waals surface area contributed by atoms with Crippen LogP contribution in [-0.2, 0) is 0 Å². The molecule has 1 fully saturated rings. The highest BCUT2D eigenvalue weighted by atomic mass is 35.5. The lowest BCUT2D eigenvalue weighted by molar-refractivity contribution is 0.186. The number of likely N-dealkylation sites (N-methyl/N-ethyl adjacent to an activating group) is 1. The molecule has 1 unspecified atom stereocenters. The van der Waals surface area contributed by atoms with Crippen LogP contribution < -0.4 is 4.74 Å². The summed E-state index contributed by atoms with van der Waals surface area (Å²) in [5.41, 5.74) is 0. The highest BCUT2D eigenvalue weighted by Gasteiger charge is 2.30. The lowest BCUT2D eigenvalue weighted by Gasteiger charge is -2.24. The summed E-state index contributed by atoms with van der Waals surface area (Å²) < 4.78 is 5.68.